The summed E-state index contributed by atoms with van der Waals surface area (Å²) in [5.41, 5.74) is 5.91. The van der Waals surface area contributed by atoms with Gasteiger partial charge in [-0.15, -0.1) is 0 Å². The molecule has 0 radical (unpaired) electrons. The summed E-state index contributed by atoms with van der Waals surface area (Å²) in [6.45, 7) is 0.193. The van der Waals surface area contributed by atoms with Gasteiger partial charge in [-0.2, -0.15) is 0 Å². The standard InChI is InChI=1S/C9H13F2N3O/c1-6-2-13-3-7(6)8(15)14-5-9(10,11)4-12/h2-3,13H,4-5,12H2,1H3,(H,14,15). The second-order valence-electron chi connectivity index (χ2n) is 3.29. The number of H-pyrrole nitrogens is 1. The van der Waals surface area contributed by atoms with Gasteiger partial charge in [-0.1, -0.05) is 0 Å². The molecule has 6 heteroatoms. The molecule has 1 aromatic heterocycles. The SMILES string of the molecule is Cc1c[nH]cc1C(=O)NCC(F)(F)CN. The van der Waals surface area contributed by atoms with Gasteiger partial charge in [0, 0.05) is 12.4 Å². The molecule has 0 spiro atoms. The predicted molar refractivity (Wildman–Crippen MR) is 51.9 cm³/mol. The van der Waals surface area contributed by atoms with E-state index in [1.165, 1.54) is 6.20 Å². The molecule has 1 rings (SSSR count). The van der Waals surface area contributed by atoms with Crippen molar-refractivity contribution in [3.63, 3.8) is 0 Å². The molecule has 15 heavy (non-hydrogen) atoms. The number of halogens is 2. The highest BCUT2D eigenvalue weighted by atomic mass is 19.3. The van der Waals surface area contributed by atoms with E-state index in [0.29, 0.717) is 11.1 Å². The molecule has 0 aliphatic carbocycles. The summed E-state index contributed by atoms with van der Waals surface area (Å²) in [5, 5.41) is 2.13. The van der Waals surface area contributed by atoms with Crippen LogP contribution in [0.15, 0.2) is 12.4 Å². The molecule has 0 atom stereocenters. The zero-order chi connectivity index (χ0) is 11.5. The van der Waals surface area contributed by atoms with E-state index in [0.717, 1.165) is 0 Å². The fraction of sp³-hybridized carbons (Fsp3) is 0.444. The average molecular weight is 217 g/mol. The van der Waals surface area contributed by atoms with Crippen LogP contribution in [-0.2, 0) is 0 Å². The fourth-order valence-corrected chi connectivity index (χ4v) is 1.06. The molecule has 0 aliphatic rings. The highest BCUT2D eigenvalue weighted by molar-refractivity contribution is 5.95. The summed E-state index contributed by atoms with van der Waals surface area (Å²) in [6.07, 6.45) is 3.08. The molecule has 0 aromatic carbocycles. The van der Waals surface area contributed by atoms with Crippen molar-refractivity contribution in [3.05, 3.63) is 23.5 Å². The molecule has 0 fully saturated rings. The van der Waals surface area contributed by atoms with E-state index in [4.69, 9.17) is 5.73 Å². The number of amides is 1. The van der Waals surface area contributed by atoms with Gasteiger partial charge < -0.3 is 16.0 Å². The fourth-order valence-electron chi connectivity index (χ4n) is 1.06. The predicted octanol–water partition coefficient (Wildman–Crippen LogP) is 0.647. The Bertz CT molecular complexity index is 349. The lowest BCUT2D eigenvalue weighted by molar-refractivity contribution is 0.0118. The summed E-state index contributed by atoms with van der Waals surface area (Å²) in [4.78, 5) is 14.1. The van der Waals surface area contributed by atoms with Crippen LogP contribution in [-0.4, -0.2) is 29.9 Å². The Balaban J connectivity index is 2.55. The Morgan fingerprint density at radius 2 is 2.27 bits per heavy atom. The van der Waals surface area contributed by atoms with Crippen LogP contribution in [0.3, 0.4) is 0 Å². The maximum Gasteiger partial charge on any atom is 0.277 e. The maximum absolute atomic E-state index is 12.7. The lowest BCUT2D eigenvalue weighted by Crippen LogP contribution is -2.41. The van der Waals surface area contributed by atoms with Crippen molar-refractivity contribution in [1.82, 2.24) is 10.3 Å². The van der Waals surface area contributed by atoms with Gasteiger partial charge in [0.15, 0.2) is 0 Å². The summed E-state index contributed by atoms with van der Waals surface area (Å²) < 4.78 is 25.4. The van der Waals surface area contributed by atoms with E-state index in [-0.39, 0.29) is 0 Å². The molecule has 0 aliphatic heterocycles. The minimum Gasteiger partial charge on any atom is -0.367 e. The molecule has 0 bridgehead atoms. The van der Waals surface area contributed by atoms with Gasteiger partial charge in [0.1, 0.15) is 0 Å². The molecule has 0 saturated heterocycles. The van der Waals surface area contributed by atoms with Crippen LogP contribution in [0.25, 0.3) is 0 Å². The molecule has 0 unspecified atom stereocenters. The molecular weight excluding hydrogens is 204 g/mol. The summed E-state index contributed by atoms with van der Waals surface area (Å²) in [5.74, 6) is -3.58. The van der Waals surface area contributed by atoms with Crippen molar-refractivity contribution >= 4 is 5.91 Å². The lowest BCUT2D eigenvalue weighted by Gasteiger charge is -2.14. The van der Waals surface area contributed by atoms with Crippen molar-refractivity contribution in [1.29, 1.82) is 0 Å². The smallest absolute Gasteiger partial charge is 0.277 e. The van der Waals surface area contributed by atoms with Gasteiger partial charge in [0.25, 0.3) is 11.8 Å². The third kappa shape index (κ3) is 3.02. The number of rotatable bonds is 4. The first-order chi connectivity index (χ1) is 6.96. The summed E-state index contributed by atoms with van der Waals surface area (Å²) in [7, 11) is 0. The number of hydrogen-bond donors (Lipinski definition) is 3. The molecule has 1 amide bonds. The number of hydrogen-bond acceptors (Lipinski definition) is 2. The maximum atomic E-state index is 12.7. The zero-order valence-corrected chi connectivity index (χ0v) is 8.31. The second kappa shape index (κ2) is 4.39. The number of aromatic nitrogens is 1. The van der Waals surface area contributed by atoms with Gasteiger partial charge in [-0.3, -0.25) is 4.79 Å². The van der Waals surface area contributed by atoms with Crippen molar-refractivity contribution in [2.45, 2.75) is 12.8 Å². The first-order valence-electron chi connectivity index (χ1n) is 4.46. The largest absolute Gasteiger partial charge is 0.367 e. The van der Waals surface area contributed by atoms with E-state index in [1.54, 1.807) is 13.1 Å². The van der Waals surface area contributed by atoms with Crippen LogP contribution in [0, 0.1) is 6.92 Å². The van der Waals surface area contributed by atoms with Crippen molar-refractivity contribution in [2.75, 3.05) is 13.1 Å². The number of aromatic amines is 1. The molecule has 84 valence electrons. The monoisotopic (exact) mass is 217 g/mol. The molecule has 0 saturated carbocycles. The lowest BCUT2D eigenvalue weighted by atomic mass is 10.2. The topological polar surface area (TPSA) is 70.9 Å². The number of carbonyl (C=O) groups excluding carboxylic acids is 1. The summed E-state index contributed by atoms with van der Waals surface area (Å²) >= 11 is 0. The highest BCUT2D eigenvalue weighted by Gasteiger charge is 2.27. The quantitative estimate of drug-likeness (QED) is 0.692. The van der Waals surface area contributed by atoms with E-state index in [1.807, 2.05) is 0 Å². The van der Waals surface area contributed by atoms with E-state index >= 15 is 0 Å². The molecule has 4 N–H and O–H groups in total. The molecule has 1 aromatic rings. The Morgan fingerprint density at radius 3 is 2.73 bits per heavy atom. The van der Waals surface area contributed by atoms with E-state index in [2.05, 4.69) is 10.3 Å². The van der Waals surface area contributed by atoms with Crippen molar-refractivity contribution in [3.8, 4) is 0 Å². The van der Waals surface area contributed by atoms with Crippen LogP contribution in [0.1, 0.15) is 15.9 Å². The van der Waals surface area contributed by atoms with Crippen LogP contribution < -0.4 is 11.1 Å². The highest BCUT2D eigenvalue weighted by Crippen LogP contribution is 2.10. The van der Waals surface area contributed by atoms with Gasteiger partial charge in [-0.05, 0) is 12.5 Å². The minimum atomic E-state index is -3.06. The number of alkyl halides is 2. The van der Waals surface area contributed by atoms with Crippen LogP contribution in [0.4, 0.5) is 8.78 Å². The Morgan fingerprint density at radius 1 is 1.60 bits per heavy atom. The number of carbonyl (C=O) groups is 1. The van der Waals surface area contributed by atoms with Crippen LogP contribution >= 0.6 is 0 Å². The number of nitrogens with one attached hydrogen (secondary N) is 2. The number of nitrogens with two attached hydrogens (primary N) is 1. The van der Waals surface area contributed by atoms with Crippen LogP contribution in [0.2, 0.25) is 0 Å². The zero-order valence-electron chi connectivity index (χ0n) is 8.31. The first kappa shape index (κ1) is 11.6. The van der Waals surface area contributed by atoms with Gasteiger partial charge in [0.2, 0.25) is 0 Å². The van der Waals surface area contributed by atoms with E-state index in [9.17, 15) is 13.6 Å². The third-order valence-electron chi connectivity index (χ3n) is 2.00. The van der Waals surface area contributed by atoms with Crippen LogP contribution in [0.5, 0.6) is 0 Å². The molecular formula is C9H13F2N3O. The molecule has 1 heterocycles. The van der Waals surface area contributed by atoms with Crippen molar-refractivity contribution < 1.29 is 13.6 Å². The second-order valence-corrected chi connectivity index (χ2v) is 3.29. The average Bonchev–Trinajstić information content (AvgIpc) is 2.61. The Kier molecular flexibility index (Phi) is 3.41. The Hall–Kier alpha value is -1.43. The normalized spacial score (nSPS) is 11.5. The summed E-state index contributed by atoms with van der Waals surface area (Å²) in [6, 6.07) is 0. The minimum absolute atomic E-state index is 0.364. The van der Waals surface area contributed by atoms with E-state index < -0.39 is 24.9 Å². The first-order valence-corrected chi connectivity index (χ1v) is 4.46. The molecule has 4 nitrogen and oxygen atoms in total. The third-order valence-corrected chi connectivity index (χ3v) is 2.00. The van der Waals surface area contributed by atoms with Crippen molar-refractivity contribution in [2.24, 2.45) is 5.73 Å². The Labute approximate surface area is 85.8 Å². The van der Waals surface area contributed by atoms with Gasteiger partial charge in [-0.25, -0.2) is 8.78 Å². The van der Waals surface area contributed by atoms with Gasteiger partial charge >= 0.3 is 0 Å². The van der Waals surface area contributed by atoms with Gasteiger partial charge in [0.05, 0.1) is 18.7 Å². The number of aryl methyl sites for hydroxylation is 1.